The Morgan fingerprint density at radius 1 is 0.941 bits per heavy atom. The molecule has 3 aromatic carbocycles. The quantitative estimate of drug-likeness (QED) is 0.504. The third-order valence-electron chi connectivity index (χ3n) is 6.39. The molecule has 1 amide bonds. The molecule has 0 radical (unpaired) electrons. The Morgan fingerprint density at radius 2 is 1.56 bits per heavy atom. The van der Waals surface area contributed by atoms with Crippen LogP contribution in [0.5, 0.6) is 0 Å². The number of sulfonamides is 1. The Labute approximate surface area is 201 Å². The Bertz CT molecular complexity index is 1280. The smallest absolute Gasteiger partial charge is 0.262 e. The number of amides is 1. The lowest BCUT2D eigenvalue weighted by molar-refractivity contribution is -0.124. The number of anilines is 3. The van der Waals surface area contributed by atoms with Crippen molar-refractivity contribution < 1.29 is 17.9 Å². The summed E-state index contributed by atoms with van der Waals surface area (Å²) in [6.07, 6.45) is 0.717. The molecule has 1 fully saturated rings. The highest BCUT2D eigenvalue weighted by molar-refractivity contribution is 7.93. The zero-order valence-corrected chi connectivity index (χ0v) is 20.6. The number of rotatable bonds is 7. The molecule has 0 bridgehead atoms. The van der Waals surface area contributed by atoms with E-state index in [-0.39, 0.29) is 10.8 Å². The van der Waals surface area contributed by atoms with Gasteiger partial charge in [0.15, 0.2) is 0 Å². The van der Waals surface area contributed by atoms with Crippen LogP contribution in [0.2, 0.25) is 0 Å². The first-order chi connectivity index (χ1) is 16.2. The molecule has 0 unspecified atom stereocenters. The Kier molecular flexibility index (Phi) is 6.81. The van der Waals surface area contributed by atoms with Crippen molar-refractivity contribution in [1.82, 2.24) is 0 Å². The molecule has 2 N–H and O–H groups in total. The molecule has 1 saturated heterocycles. The summed E-state index contributed by atoms with van der Waals surface area (Å²) in [6.45, 7) is 8.59. The van der Waals surface area contributed by atoms with Gasteiger partial charge in [-0.25, -0.2) is 8.42 Å². The molecule has 8 heteroatoms. The molecule has 0 spiro atoms. The van der Waals surface area contributed by atoms with E-state index in [0.29, 0.717) is 30.0 Å². The summed E-state index contributed by atoms with van der Waals surface area (Å²) in [5.41, 5.74) is 1.58. The number of hydrogen-bond donors (Lipinski definition) is 2. The zero-order valence-electron chi connectivity index (χ0n) is 19.8. The number of ether oxygens (including phenoxy) is 1. The molecule has 1 aliphatic rings. The number of benzene rings is 3. The van der Waals surface area contributed by atoms with Gasteiger partial charge in [-0.3, -0.25) is 9.52 Å². The van der Waals surface area contributed by atoms with Gasteiger partial charge in [0.2, 0.25) is 5.91 Å². The Hall–Kier alpha value is -3.10. The van der Waals surface area contributed by atoms with Crippen LogP contribution >= 0.6 is 0 Å². The molecule has 4 rings (SSSR count). The fraction of sp³-hybridized carbons (Fsp3) is 0.346. The van der Waals surface area contributed by atoms with Crippen LogP contribution in [0.15, 0.2) is 65.6 Å². The van der Waals surface area contributed by atoms with Gasteiger partial charge in [0, 0.05) is 46.3 Å². The van der Waals surface area contributed by atoms with E-state index in [4.69, 9.17) is 4.74 Å². The Morgan fingerprint density at radius 3 is 2.24 bits per heavy atom. The van der Waals surface area contributed by atoms with Crippen molar-refractivity contribution in [2.45, 2.75) is 32.1 Å². The van der Waals surface area contributed by atoms with Crippen LogP contribution in [0, 0.1) is 5.41 Å². The first-order valence-electron chi connectivity index (χ1n) is 11.5. The average Bonchev–Trinajstić information content (AvgIpc) is 2.84. The molecule has 0 saturated carbocycles. The molecule has 0 aromatic heterocycles. The predicted octanol–water partition coefficient (Wildman–Crippen LogP) is 4.85. The summed E-state index contributed by atoms with van der Waals surface area (Å²) < 4.78 is 34.8. The maximum Gasteiger partial charge on any atom is 0.262 e. The molecule has 1 heterocycles. The summed E-state index contributed by atoms with van der Waals surface area (Å²) >= 11 is 0. The lowest BCUT2D eigenvalue weighted by atomic mass is 9.89. The van der Waals surface area contributed by atoms with Crippen molar-refractivity contribution in [1.29, 1.82) is 0 Å². The normalized spacial score (nSPS) is 14.7. The monoisotopic (exact) mass is 481 g/mol. The minimum absolute atomic E-state index is 0.0739. The molecule has 0 atom stereocenters. The first kappa shape index (κ1) is 24.0. The predicted molar refractivity (Wildman–Crippen MR) is 137 cm³/mol. The van der Waals surface area contributed by atoms with Gasteiger partial charge in [-0.15, -0.1) is 0 Å². The van der Waals surface area contributed by atoms with Crippen LogP contribution in [0.1, 0.15) is 27.2 Å². The van der Waals surface area contributed by atoms with Gasteiger partial charge in [-0.2, -0.15) is 0 Å². The maximum atomic E-state index is 13.3. The molecular formula is C26H31N3O4S. The van der Waals surface area contributed by atoms with E-state index in [2.05, 4.69) is 14.9 Å². The molecule has 180 valence electrons. The molecule has 1 aliphatic heterocycles. The summed E-state index contributed by atoms with van der Waals surface area (Å²) in [5, 5.41) is 4.45. The van der Waals surface area contributed by atoms with Crippen molar-refractivity contribution in [3.63, 3.8) is 0 Å². The first-order valence-corrected chi connectivity index (χ1v) is 13.0. The van der Waals surface area contributed by atoms with Crippen molar-refractivity contribution in [3.05, 3.63) is 60.7 Å². The van der Waals surface area contributed by atoms with E-state index in [9.17, 15) is 13.2 Å². The highest BCUT2D eigenvalue weighted by atomic mass is 32.2. The lowest BCUT2D eigenvalue weighted by Crippen LogP contribution is -2.36. The van der Waals surface area contributed by atoms with E-state index in [1.165, 1.54) is 0 Å². The summed E-state index contributed by atoms with van der Waals surface area (Å²) in [7, 11) is -3.83. The molecule has 34 heavy (non-hydrogen) atoms. The Balaban J connectivity index is 1.58. The van der Waals surface area contributed by atoms with Gasteiger partial charge in [0.1, 0.15) is 0 Å². The highest BCUT2D eigenvalue weighted by Crippen LogP contribution is 2.32. The maximum absolute atomic E-state index is 13.3. The van der Waals surface area contributed by atoms with Gasteiger partial charge in [-0.1, -0.05) is 45.0 Å². The van der Waals surface area contributed by atoms with Crippen LogP contribution in [-0.4, -0.2) is 40.6 Å². The number of hydrogen-bond acceptors (Lipinski definition) is 5. The van der Waals surface area contributed by atoms with Crippen molar-refractivity contribution in [2.75, 3.05) is 41.2 Å². The van der Waals surface area contributed by atoms with Crippen LogP contribution in [0.4, 0.5) is 17.1 Å². The largest absolute Gasteiger partial charge is 0.378 e. The fourth-order valence-corrected chi connectivity index (χ4v) is 5.15. The number of morpholine rings is 1. The van der Waals surface area contributed by atoms with Crippen LogP contribution in [0.25, 0.3) is 10.8 Å². The number of fused-ring (bicyclic) bond motifs is 1. The van der Waals surface area contributed by atoms with E-state index in [0.717, 1.165) is 30.6 Å². The average molecular weight is 482 g/mol. The number of nitrogens with zero attached hydrogens (tertiary/aromatic N) is 1. The van der Waals surface area contributed by atoms with E-state index < -0.39 is 15.4 Å². The second-order valence-electron chi connectivity index (χ2n) is 9.10. The minimum Gasteiger partial charge on any atom is -0.378 e. The topological polar surface area (TPSA) is 87.7 Å². The van der Waals surface area contributed by atoms with Crippen molar-refractivity contribution in [2.24, 2.45) is 5.41 Å². The number of nitrogens with one attached hydrogen (secondary N) is 2. The lowest BCUT2D eigenvalue weighted by Gasteiger charge is -2.30. The molecule has 7 nitrogen and oxygen atoms in total. The van der Waals surface area contributed by atoms with E-state index in [1.54, 1.807) is 36.4 Å². The second kappa shape index (κ2) is 9.64. The number of carbonyl (C=O) groups is 1. The van der Waals surface area contributed by atoms with E-state index in [1.807, 2.05) is 45.0 Å². The van der Waals surface area contributed by atoms with Crippen molar-refractivity contribution in [3.8, 4) is 0 Å². The summed E-state index contributed by atoms with van der Waals surface area (Å²) in [5.74, 6) is -0.0739. The fourth-order valence-electron chi connectivity index (χ4n) is 3.87. The van der Waals surface area contributed by atoms with Crippen LogP contribution < -0.4 is 14.9 Å². The number of carbonyl (C=O) groups excluding carboxylic acids is 1. The van der Waals surface area contributed by atoms with Gasteiger partial charge in [0.05, 0.1) is 18.1 Å². The van der Waals surface area contributed by atoms with Gasteiger partial charge < -0.3 is 15.0 Å². The van der Waals surface area contributed by atoms with Gasteiger partial charge in [-0.05, 0) is 42.8 Å². The SMILES string of the molecule is CCC(C)(C)C(=O)Nc1ccc(NS(=O)(=O)c2cccc3c(N4CCOCC4)cccc23)cc1. The van der Waals surface area contributed by atoms with Gasteiger partial charge in [0.25, 0.3) is 10.0 Å². The standard InChI is InChI=1S/C26H31N3O4S/c1-4-26(2,3)25(30)27-19-11-13-20(14-12-19)28-34(31,32)24-10-6-7-21-22(24)8-5-9-23(21)29-15-17-33-18-16-29/h5-14,28H,4,15-18H2,1-3H3,(H,27,30). The zero-order chi connectivity index (χ0) is 24.3. The van der Waals surface area contributed by atoms with Crippen molar-refractivity contribution >= 4 is 43.8 Å². The highest BCUT2D eigenvalue weighted by Gasteiger charge is 2.25. The third-order valence-corrected chi connectivity index (χ3v) is 7.83. The molecule has 3 aromatic rings. The van der Waals surface area contributed by atoms with Gasteiger partial charge >= 0.3 is 0 Å². The van der Waals surface area contributed by atoms with Crippen LogP contribution in [0.3, 0.4) is 0 Å². The van der Waals surface area contributed by atoms with Crippen LogP contribution in [-0.2, 0) is 19.6 Å². The second-order valence-corrected chi connectivity index (χ2v) is 10.8. The summed E-state index contributed by atoms with van der Waals surface area (Å²) in [6, 6.07) is 17.8. The molecule has 0 aliphatic carbocycles. The summed E-state index contributed by atoms with van der Waals surface area (Å²) in [4.78, 5) is 14.8. The molecular weight excluding hydrogens is 450 g/mol. The minimum atomic E-state index is -3.83. The third kappa shape index (κ3) is 5.03. The van der Waals surface area contributed by atoms with E-state index >= 15 is 0 Å².